The summed E-state index contributed by atoms with van der Waals surface area (Å²) in [6.07, 6.45) is 0. The summed E-state index contributed by atoms with van der Waals surface area (Å²) in [5.41, 5.74) is -0.144. The van der Waals surface area contributed by atoms with Gasteiger partial charge in [-0.3, -0.25) is 0 Å². The van der Waals surface area contributed by atoms with Crippen molar-refractivity contribution in [3.05, 3.63) is 29.6 Å². The molecule has 2 atom stereocenters. The normalized spacial score (nSPS) is 14.1. The number of hydrogen-bond donors (Lipinski definition) is 3. The molecule has 1 aromatic carbocycles. The SMILES string of the molecule is CC(CO)C(C)Nc1c(F)cccc1C(=O)O. The Morgan fingerprint density at radius 3 is 2.65 bits per heavy atom. The monoisotopic (exact) mass is 241 g/mol. The first kappa shape index (κ1) is 13.4. The zero-order valence-electron chi connectivity index (χ0n) is 9.77. The van der Waals surface area contributed by atoms with E-state index in [1.807, 2.05) is 0 Å². The minimum atomic E-state index is -1.18. The number of nitrogens with one attached hydrogen (secondary N) is 1. The Kier molecular flexibility index (Phi) is 4.45. The van der Waals surface area contributed by atoms with E-state index < -0.39 is 11.8 Å². The summed E-state index contributed by atoms with van der Waals surface area (Å²) in [5.74, 6) is -1.89. The van der Waals surface area contributed by atoms with Crippen LogP contribution in [0.1, 0.15) is 24.2 Å². The molecule has 94 valence electrons. The van der Waals surface area contributed by atoms with Gasteiger partial charge in [-0.15, -0.1) is 0 Å². The van der Waals surface area contributed by atoms with Crippen LogP contribution in [-0.2, 0) is 0 Å². The van der Waals surface area contributed by atoms with Crippen LogP contribution in [-0.4, -0.2) is 28.8 Å². The highest BCUT2D eigenvalue weighted by atomic mass is 19.1. The minimum Gasteiger partial charge on any atom is -0.478 e. The maximum absolute atomic E-state index is 13.5. The van der Waals surface area contributed by atoms with E-state index in [2.05, 4.69) is 5.32 Å². The molecule has 0 heterocycles. The third-order valence-corrected chi connectivity index (χ3v) is 2.76. The van der Waals surface area contributed by atoms with Gasteiger partial charge < -0.3 is 15.5 Å². The van der Waals surface area contributed by atoms with Crippen molar-refractivity contribution >= 4 is 11.7 Å². The second kappa shape index (κ2) is 5.63. The maximum atomic E-state index is 13.5. The van der Waals surface area contributed by atoms with E-state index >= 15 is 0 Å². The van der Waals surface area contributed by atoms with Gasteiger partial charge >= 0.3 is 5.97 Å². The topological polar surface area (TPSA) is 69.6 Å². The number of carboxylic acid groups (broad SMARTS) is 1. The second-order valence-corrected chi connectivity index (χ2v) is 4.06. The number of para-hydroxylation sites is 1. The summed E-state index contributed by atoms with van der Waals surface area (Å²) < 4.78 is 13.5. The Morgan fingerprint density at radius 2 is 2.12 bits per heavy atom. The number of carbonyl (C=O) groups is 1. The first-order valence-corrected chi connectivity index (χ1v) is 5.36. The number of rotatable bonds is 5. The van der Waals surface area contributed by atoms with Crippen molar-refractivity contribution in [1.82, 2.24) is 0 Å². The van der Waals surface area contributed by atoms with Crippen LogP contribution in [0, 0.1) is 11.7 Å². The van der Waals surface area contributed by atoms with Crippen LogP contribution >= 0.6 is 0 Å². The Hall–Kier alpha value is -1.62. The first-order chi connectivity index (χ1) is 7.97. The van der Waals surface area contributed by atoms with E-state index in [0.29, 0.717) is 0 Å². The molecular formula is C12H16FNO3. The molecule has 4 nitrogen and oxygen atoms in total. The molecule has 3 N–H and O–H groups in total. The summed E-state index contributed by atoms with van der Waals surface area (Å²) >= 11 is 0. The van der Waals surface area contributed by atoms with Crippen molar-refractivity contribution in [2.75, 3.05) is 11.9 Å². The van der Waals surface area contributed by atoms with Crippen LogP contribution in [0.2, 0.25) is 0 Å². The number of aromatic carboxylic acids is 1. The Labute approximate surface area is 99.1 Å². The van der Waals surface area contributed by atoms with Crippen molar-refractivity contribution in [2.45, 2.75) is 19.9 Å². The Bertz CT molecular complexity index is 409. The van der Waals surface area contributed by atoms with E-state index in [9.17, 15) is 9.18 Å². The van der Waals surface area contributed by atoms with Crippen LogP contribution < -0.4 is 5.32 Å². The molecule has 2 unspecified atom stereocenters. The average Bonchev–Trinajstić information content (AvgIpc) is 2.30. The number of aliphatic hydroxyl groups excluding tert-OH is 1. The fourth-order valence-corrected chi connectivity index (χ4v) is 1.38. The lowest BCUT2D eigenvalue weighted by molar-refractivity contribution is 0.0697. The van der Waals surface area contributed by atoms with Crippen LogP contribution in [0.25, 0.3) is 0 Å². The van der Waals surface area contributed by atoms with Gasteiger partial charge in [-0.25, -0.2) is 9.18 Å². The molecule has 5 heteroatoms. The smallest absolute Gasteiger partial charge is 0.337 e. The maximum Gasteiger partial charge on any atom is 0.337 e. The molecule has 17 heavy (non-hydrogen) atoms. The molecule has 0 spiro atoms. The van der Waals surface area contributed by atoms with Gasteiger partial charge in [0.25, 0.3) is 0 Å². The molecule has 0 aromatic heterocycles. The van der Waals surface area contributed by atoms with Gasteiger partial charge in [-0.1, -0.05) is 13.0 Å². The first-order valence-electron chi connectivity index (χ1n) is 5.36. The van der Waals surface area contributed by atoms with Crippen molar-refractivity contribution in [1.29, 1.82) is 0 Å². The van der Waals surface area contributed by atoms with Gasteiger partial charge in [-0.2, -0.15) is 0 Å². The van der Waals surface area contributed by atoms with Crippen molar-refractivity contribution in [3.63, 3.8) is 0 Å². The molecule has 0 amide bonds. The Balaban J connectivity index is 3.00. The molecule has 0 aliphatic rings. The summed E-state index contributed by atoms with van der Waals surface area (Å²) in [5, 5.41) is 20.7. The summed E-state index contributed by atoms with van der Waals surface area (Å²) in [6, 6.07) is 3.66. The highest BCUT2D eigenvalue weighted by Crippen LogP contribution is 2.22. The van der Waals surface area contributed by atoms with E-state index in [-0.39, 0.29) is 29.8 Å². The summed E-state index contributed by atoms with van der Waals surface area (Å²) in [7, 11) is 0. The Morgan fingerprint density at radius 1 is 1.47 bits per heavy atom. The molecule has 1 aromatic rings. The highest BCUT2D eigenvalue weighted by Gasteiger charge is 2.18. The predicted octanol–water partition coefficient (Wildman–Crippen LogP) is 1.95. The summed E-state index contributed by atoms with van der Waals surface area (Å²) in [4.78, 5) is 10.9. The average molecular weight is 241 g/mol. The molecular weight excluding hydrogens is 225 g/mol. The van der Waals surface area contributed by atoms with Crippen molar-refractivity contribution in [3.8, 4) is 0 Å². The zero-order valence-corrected chi connectivity index (χ0v) is 9.77. The molecule has 0 bridgehead atoms. The van der Waals surface area contributed by atoms with E-state index in [1.165, 1.54) is 18.2 Å². The third-order valence-electron chi connectivity index (χ3n) is 2.76. The zero-order chi connectivity index (χ0) is 13.0. The predicted molar refractivity (Wildman–Crippen MR) is 62.7 cm³/mol. The van der Waals surface area contributed by atoms with Gasteiger partial charge in [0.15, 0.2) is 0 Å². The van der Waals surface area contributed by atoms with Crippen molar-refractivity contribution < 1.29 is 19.4 Å². The lowest BCUT2D eigenvalue weighted by Crippen LogP contribution is -2.27. The molecule has 0 saturated carbocycles. The fourth-order valence-electron chi connectivity index (χ4n) is 1.38. The number of halogens is 1. The van der Waals surface area contributed by atoms with Crippen molar-refractivity contribution in [2.24, 2.45) is 5.92 Å². The largest absolute Gasteiger partial charge is 0.478 e. The van der Waals surface area contributed by atoms with E-state index in [1.54, 1.807) is 13.8 Å². The van der Waals surface area contributed by atoms with Gasteiger partial charge in [0.05, 0.1) is 11.3 Å². The fraction of sp³-hybridized carbons (Fsp3) is 0.417. The number of carboxylic acids is 1. The number of anilines is 1. The van der Waals surface area contributed by atoms with Crippen LogP contribution in [0.5, 0.6) is 0 Å². The number of benzene rings is 1. The highest BCUT2D eigenvalue weighted by molar-refractivity contribution is 5.94. The summed E-state index contributed by atoms with van der Waals surface area (Å²) in [6.45, 7) is 3.50. The van der Waals surface area contributed by atoms with E-state index in [4.69, 9.17) is 10.2 Å². The van der Waals surface area contributed by atoms with Crippen LogP contribution in [0.3, 0.4) is 0 Å². The van der Waals surface area contributed by atoms with Gasteiger partial charge in [0.1, 0.15) is 5.82 Å². The lowest BCUT2D eigenvalue weighted by Gasteiger charge is -2.21. The van der Waals surface area contributed by atoms with E-state index in [0.717, 1.165) is 0 Å². The molecule has 0 aliphatic heterocycles. The second-order valence-electron chi connectivity index (χ2n) is 4.06. The molecule has 0 aliphatic carbocycles. The molecule has 0 fully saturated rings. The van der Waals surface area contributed by atoms with Crippen LogP contribution in [0.15, 0.2) is 18.2 Å². The number of aliphatic hydroxyl groups is 1. The molecule has 0 saturated heterocycles. The third kappa shape index (κ3) is 3.17. The lowest BCUT2D eigenvalue weighted by atomic mass is 10.0. The minimum absolute atomic E-state index is 0.0344. The van der Waals surface area contributed by atoms with Gasteiger partial charge in [0, 0.05) is 12.6 Å². The quantitative estimate of drug-likeness (QED) is 0.737. The molecule has 1 rings (SSSR count). The standard InChI is InChI=1S/C12H16FNO3/c1-7(6-15)8(2)14-11-9(12(16)17)4-3-5-10(11)13/h3-5,7-8,14-15H,6H2,1-2H3,(H,16,17). The van der Waals surface area contributed by atoms with Crippen LogP contribution in [0.4, 0.5) is 10.1 Å². The van der Waals surface area contributed by atoms with Gasteiger partial charge in [0.2, 0.25) is 0 Å². The number of hydrogen-bond acceptors (Lipinski definition) is 3. The van der Waals surface area contributed by atoms with Gasteiger partial charge in [-0.05, 0) is 25.0 Å². The molecule has 0 radical (unpaired) electrons.